The first-order chi connectivity index (χ1) is 10.1. The number of hydrogen-bond donors (Lipinski definition) is 1. The van der Waals surface area contributed by atoms with Gasteiger partial charge in [-0.25, -0.2) is 0 Å². The first-order valence-electron chi connectivity index (χ1n) is 6.82. The molecule has 0 bridgehead atoms. The molecule has 0 aromatic heterocycles. The van der Waals surface area contributed by atoms with E-state index in [1.165, 1.54) is 25.3 Å². The first-order valence-corrected chi connectivity index (χ1v) is 6.82. The van der Waals surface area contributed by atoms with Crippen molar-refractivity contribution in [1.29, 1.82) is 0 Å². The fourth-order valence-corrected chi connectivity index (χ4v) is 2.39. The van der Waals surface area contributed by atoms with Crippen molar-refractivity contribution in [2.24, 2.45) is 0 Å². The molecule has 0 spiro atoms. The molecule has 0 atom stereocenters. The molecule has 0 unspecified atom stereocenters. The van der Waals surface area contributed by atoms with E-state index in [1.54, 1.807) is 4.90 Å². The number of benzene rings is 1. The summed E-state index contributed by atoms with van der Waals surface area (Å²) in [6, 6.07) is 4.27. The highest BCUT2D eigenvalue weighted by Crippen LogP contribution is 2.30. The van der Waals surface area contributed by atoms with Crippen LogP contribution in [-0.4, -0.2) is 47.1 Å². The van der Waals surface area contributed by atoms with Gasteiger partial charge in [-0.2, -0.15) is 0 Å². The Bertz CT molecular complexity index is 542. The zero-order valence-electron chi connectivity index (χ0n) is 11.8. The molecule has 7 nitrogen and oxygen atoms in total. The number of nitro benzene ring substituents is 1. The van der Waals surface area contributed by atoms with Gasteiger partial charge in [0, 0.05) is 24.2 Å². The maximum Gasteiger partial charge on any atom is 0.311 e. The number of methoxy groups -OCH3 is 1. The molecule has 1 aliphatic carbocycles. The second kappa shape index (κ2) is 6.53. The molecular weight excluding hydrogens is 276 g/mol. The minimum Gasteiger partial charge on any atom is -0.490 e. The summed E-state index contributed by atoms with van der Waals surface area (Å²) in [4.78, 5) is 24.5. The topological polar surface area (TPSA) is 92.9 Å². The van der Waals surface area contributed by atoms with Gasteiger partial charge in [0.25, 0.3) is 5.91 Å². The maximum absolute atomic E-state index is 12.5. The lowest BCUT2D eigenvalue weighted by Gasteiger charge is -2.37. The van der Waals surface area contributed by atoms with Gasteiger partial charge in [0.05, 0.1) is 18.6 Å². The third-order valence-corrected chi connectivity index (χ3v) is 3.74. The number of ether oxygens (including phenoxy) is 1. The van der Waals surface area contributed by atoms with Gasteiger partial charge < -0.3 is 14.7 Å². The fourth-order valence-electron chi connectivity index (χ4n) is 2.39. The van der Waals surface area contributed by atoms with Gasteiger partial charge >= 0.3 is 5.69 Å². The molecule has 1 amide bonds. The van der Waals surface area contributed by atoms with Crippen molar-refractivity contribution < 1.29 is 19.6 Å². The van der Waals surface area contributed by atoms with Crippen LogP contribution in [0.15, 0.2) is 18.2 Å². The summed E-state index contributed by atoms with van der Waals surface area (Å²) in [6.45, 7) is 0.115. The minimum absolute atomic E-state index is 0.116. The van der Waals surface area contributed by atoms with Gasteiger partial charge in [-0.05, 0) is 31.4 Å². The van der Waals surface area contributed by atoms with Gasteiger partial charge in [0.15, 0.2) is 5.75 Å². The number of nitro groups is 1. The highest BCUT2D eigenvalue weighted by Gasteiger charge is 2.30. The molecule has 7 heteroatoms. The van der Waals surface area contributed by atoms with Crippen molar-refractivity contribution in [3.8, 4) is 5.75 Å². The predicted octanol–water partition coefficient (Wildman–Crippen LogP) is 1.59. The zero-order valence-corrected chi connectivity index (χ0v) is 11.8. The van der Waals surface area contributed by atoms with Crippen LogP contribution in [0.5, 0.6) is 5.75 Å². The van der Waals surface area contributed by atoms with Gasteiger partial charge in [-0.3, -0.25) is 14.9 Å². The Morgan fingerprint density at radius 1 is 1.52 bits per heavy atom. The molecule has 114 valence electrons. The second-order valence-electron chi connectivity index (χ2n) is 4.95. The van der Waals surface area contributed by atoms with Gasteiger partial charge in [-0.15, -0.1) is 0 Å². The van der Waals surface area contributed by atoms with Crippen LogP contribution in [0, 0.1) is 10.1 Å². The van der Waals surface area contributed by atoms with Crippen molar-refractivity contribution in [2.75, 3.05) is 20.3 Å². The molecule has 1 aromatic carbocycles. The standard InChI is InChI=1S/C14H18N2O5/c1-21-13-6-5-10(9-12(13)16(19)20)14(18)15(7-8-17)11-3-2-4-11/h5-6,9,11,17H,2-4,7-8H2,1H3. The molecule has 0 heterocycles. The van der Waals surface area contributed by atoms with Gasteiger partial charge in [0.1, 0.15) is 0 Å². The van der Waals surface area contributed by atoms with Crippen LogP contribution in [0.1, 0.15) is 29.6 Å². The quantitative estimate of drug-likeness (QED) is 0.635. The Morgan fingerprint density at radius 2 is 2.24 bits per heavy atom. The summed E-state index contributed by atoms with van der Waals surface area (Å²) in [6.07, 6.45) is 2.87. The first kappa shape index (κ1) is 15.2. The number of aliphatic hydroxyl groups excluding tert-OH is 1. The summed E-state index contributed by atoms with van der Waals surface area (Å²) < 4.78 is 4.92. The smallest absolute Gasteiger partial charge is 0.311 e. The lowest BCUT2D eigenvalue weighted by atomic mass is 9.91. The van der Waals surface area contributed by atoms with E-state index in [1.807, 2.05) is 0 Å². The number of nitrogens with zero attached hydrogens (tertiary/aromatic N) is 2. The number of carbonyl (C=O) groups is 1. The zero-order chi connectivity index (χ0) is 15.4. The predicted molar refractivity (Wildman–Crippen MR) is 75.4 cm³/mol. The highest BCUT2D eigenvalue weighted by atomic mass is 16.6. The van der Waals surface area contributed by atoms with Crippen LogP contribution in [-0.2, 0) is 0 Å². The van der Waals surface area contributed by atoms with Crippen LogP contribution in [0.25, 0.3) is 0 Å². The molecule has 21 heavy (non-hydrogen) atoms. The highest BCUT2D eigenvalue weighted by molar-refractivity contribution is 5.95. The lowest BCUT2D eigenvalue weighted by molar-refractivity contribution is -0.385. The summed E-state index contributed by atoms with van der Waals surface area (Å²) in [5, 5.41) is 20.1. The molecule has 2 rings (SSSR count). The van der Waals surface area contributed by atoms with E-state index in [9.17, 15) is 14.9 Å². The third-order valence-electron chi connectivity index (χ3n) is 3.74. The van der Waals surface area contributed by atoms with Crippen molar-refractivity contribution in [1.82, 2.24) is 4.90 Å². The van der Waals surface area contributed by atoms with E-state index >= 15 is 0 Å². The largest absolute Gasteiger partial charge is 0.490 e. The Kier molecular flexibility index (Phi) is 4.74. The van der Waals surface area contributed by atoms with E-state index in [4.69, 9.17) is 9.84 Å². The van der Waals surface area contributed by atoms with Crippen LogP contribution in [0.3, 0.4) is 0 Å². The number of hydrogen-bond acceptors (Lipinski definition) is 5. The average molecular weight is 294 g/mol. The summed E-state index contributed by atoms with van der Waals surface area (Å²) >= 11 is 0. The SMILES string of the molecule is COc1ccc(C(=O)N(CCO)C2CCC2)cc1[N+](=O)[O-]. The van der Waals surface area contributed by atoms with E-state index in [0.717, 1.165) is 19.3 Å². The van der Waals surface area contributed by atoms with Gasteiger partial charge in [0.2, 0.25) is 0 Å². The van der Waals surface area contributed by atoms with Crippen LogP contribution in [0.2, 0.25) is 0 Å². The van der Waals surface area contributed by atoms with E-state index in [2.05, 4.69) is 0 Å². The summed E-state index contributed by atoms with van der Waals surface area (Å²) in [5.74, 6) is -0.173. The second-order valence-corrected chi connectivity index (χ2v) is 4.95. The third kappa shape index (κ3) is 3.13. The molecule has 0 saturated heterocycles. The lowest BCUT2D eigenvalue weighted by Crippen LogP contribution is -2.45. The Labute approximate surface area is 122 Å². The van der Waals surface area contributed by atoms with Crippen molar-refractivity contribution in [3.05, 3.63) is 33.9 Å². The van der Waals surface area contributed by atoms with Crippen LogP contribution < -0.4 is 4.74 Å². The van der Waals surface area contributed by atoms with Crippen LogP contribution >= 0.6 is 0 Å². The molecule has 1 N–H and O–H groups in total. The van der Waals surface area contributed by atoms with Crippen molar-refractivity contribution in [3.63, 3.8) is 0 Å². The van der Waals surface area contributed by atoms with Gasteiger partial charge in [-0.1, -0.05) is 0 Å². The number of aliphatic hydroxyl groups is 1. The molecular formula is C14H18N2O5. The van der Waals surface area contributed by atoms with E-state index < -0.39 is 4.92 Å². The average Bonchev–Trinajstić information content (AvgIpc) is 2.43. The molecule has 0 aliphatic heterocycles. The van der Waals surface area contributed by atoms with E-state index in [-0.39, 0.29) is 42.1 Å². The Hall–Kier alpha value is -2.15. The molecule has 1 saturated carbocycles. The Balaban J connectivity index is 2.28. The summed E-state index contributed by atoms with van der Waals surface area (Å²) in [7, 11) is 1.34. The fraction of sp³-hybridized carbons (Fsp3) is 0.500. The monoisotopic (exact) mass is 294 g/mol. The number of rotatable bonds is 6. The minimum atomic E-state index is -0.574. The summed E-state index contributed by atoms with van der Waals surface area (Å²) in [5.41, 5.74) is 0.00348. The van der Waals surface area contributed by atoms with E-state index in [0.29, 0.717) is 0 Å². The molecule has 1 aromatic rings. The normalized spacial score (nSPS) is 14.4. The Morgan fingerprint density at radius 3 is 2.71 bits per heavy atom. The van der Waals surface area contributed by atoms with Crippen molar-refractivity contribution in [2.45, 2.75) is 25.3 Å². The van der Waals surface area contributed by atoms with Crippen LogP contribution in [0.4, 0.5) is 5.69 Å². The number of carbonyl (C=O) groups excluding carboxylic acids is 1. The molecule has 1 aliphatic rings. The van der Waals surface area contributed by atoms with Crippen molar-refractivity contribution >= 4 is 11.6 Å². The molecule has 0 radical (unpaired) electrons. The molecule has 1 fully saturated rings. The maximum atomic E-state index is 12.5. The number of amides is 1.